The van der Waals surface area contributed by atoms with Crippen molar-refractivity contribution >= 4 is 52.7 Å². The number of nitrogens with zero attached hydrogens (tertiary/aromatic N) is 2. The number of H-pyrrole nitrogens is 1. The fourth-order valence-electron chi connectivity index (χ4n) is 3.39. The minimum absolute atomic E-state index is 0.0714. The van der Waals surface area contributed by atoms with Crippen LogP contribution in [0.3, 0.4) is 0 Å². The second-order valence-corrected chi connectivity index (χ2v) is 7.60. The highest BCUT2D eigenvalue weighted by Crippen LogP contribution is 2.39. The molecule has 2 heterocycles. The van der Waals surface area contributed by atoms with Crippen LogP contribution in [0.1, 0.15) is 28.4 Å². The van der Waals surface area contributed by atoms with E-state index in [4.69, 9.17) is 23.2 Å². The van der Waals surface area contributed by atoms with Gasteiger partial charge in [-0.25, -0.2) is 14.2 Å². The Bertz CT molecular complexity index is 1290. The summed E-state index contributed by atoms with van der Waals surface area (Å²) in [5, 5.41) is 21.4. The minimum Gasteiger partial charge on any atom is -0.493 e. The Labute approximate surface area is 180 Å². The number of rotatable bonds is 4. The van der Waals surface area contributed by atoms with Crippen LogP contribution < -0.4 is 5.69 Å². The Morgan fingerprint density at radius 2 is 1.90 bits per heavy atom. The largest absolute Gasteiger partial charge is 0.493 e. The van der Waals surface area contributed by atoms with Gasteiger partial charge in [0.1, 0.15) is 5.69 Å². The average Bonchev–Trinajstić information content (AvgIpc) is 3.23. The number of aromatic amines is 1. The van der Waals surface area contributed by atoms with Crippen molar-refractivity contribution in [2.75, 3.05) is 0 Å². The molecule has 152 valence electrons. The van der Waals surface area contributed by atoms with Gasteiger partial charge in [-0.3, -0.25) is 4.99 Å². The molecule has 0 bridgehead atoms. The van der Waals surface area contributed by atoms with E-state index in [1.165, 1.54) is 30.3 Å². The van der Waals surface area contributed by atoms with Crippen molar-refractivity contribution in [1.29, 1.82) is 0 Å². The predicted octanol–water partition coefficient (Wildman–Crippen LogP) is 4.43. The van der Waals surface area contributed by atoms with E-state index in [0.717, 1.165) is 15.7 Å². The van der Waals surface area contributed by atoms with Crippen LogP contribution in [-0.2, 0) is 4.79 Å². The van der Waals surface area contributed by atoms with Crippen molar-refractivity contribution in [2.24, 2.45) is 4.99 Å². The van der Waals surface area contributed by atoms with Crippen LogP contribution in [-0.4, -0.2) is 31.9 Å². The van der Waals surface area contributed by atoms with Gasteiger partial charge in [-0.2, -0.15) is 0 Å². The number of hydrogen-bond acceptors (Lipinski definition) is 4. The third-order valence-corrected chi connectivity index (χ3v) is 5.58. The first-order valence-corrected chi connectivity index (χ1v) is 9.60. The standard InChI is InChI=1S/C21H15Cl2N3O4/c1-10-15(23)7-6-14-12(9-24-17(10)14)8-16-19(27)26(21(30)25-16)18(20(28)29)11-2-4-13(22)5-3-11/h2-9,18,27H,1H3,(H,25,30)(H,28,29)/b12-8+. The molecule has 3 aromatic rings. The molecule has 1 aliphatic heterocycles. The molecule has 0 saturated carbocycles. The molecule has 30 heavy (non-hydrogen) atoms. The number of hydrogen-bond donors (Lipinski definition) is 3. The first kappa shape index (κ1) is 20.0. The first-order chi connectivity index (χ1) is 14.3. The lowest BCUT2D eigenvalue weighted by Gasteiger charge is -2.14. The zero-order chi connectivity index (χ0) is 21.6. The third kappa shape index (κ3) is 3.32. The number of halogens is 2. The van der Waals surface area contributed by atoms with Crippen LogP contribution in [0.2, 0.25) is 10.0 Å². The number of nitrogens with one attached hydrogen (secondary N) is 1. The summed E-state index contributed by atoms with van der Waals surface area (Å²) in [5.74, 6) is -1.80. The Balaban J connectivity index is 1.81. The second kappa shape index (κ2) is 7.51. The van der Waals surface area contributed by atoms with Gasteiger partial charge in [0.15, 0.2) is 6.04 Å². The third-order valence-electron chi connectivity index (χ3n) is 4.92. The molecule has 1 unspecified atom stereocenters. The number of allylic oxidation sites excluding steroid dienone is 1. The molecule has 9 heteroatoms. The highest BCUT2D eigenvalue weighted by Gasteiger charge is 2.28. The number of fused-ring (bicyclic) bond motifs is 1. The lowest BCUT2D eigenvalue weighted by Crippen LogP contribution is -2.28. The summed E-state index contributed by atoms with van der Waals surface area (Å²) in [6.07, 6.45) is 3.13. The van der Waals surface area contributed by atoms with Gasteiger partial charge in [-0.05, 0) is 42.3 Å². The summed E-state index contributed by atoms with van der Waals surface area (Å²) >= 11 is 12.0. The molecule has 1 aliphatic rings. The normalized spacial score (nSPS) is 14.8. The van der Waals surface area contributed by atoms with Gasteiger partial charge in [-0.1, -0.05) is 41.4 Å². The van der Waals surface area contributed by atoms with Crippen molar-refractivity contribution in [2.45, 2.75) is 13.0 Å². The zero-order valence-electron chi connectivity index (χ0n) is 15.6. The van der Waals surface area contributed by atoms with Gasteiger partial charge >= 0.3 is 11.7 Å². The van der Waals surface area contributed by atoms with Crippen LogP contribution >= 0.6 is 23.2 Å². The second-order valence-electron chi connectivity index (χ2n) is 6.76. The SMILES string of the molecule is Cc1c(Cl)ccc2c1N=C/C2=C\c1[nH]c(=O)n(C(C(=O)O)c2ccc(Cl)cc2)c1O. The van der Waals surface area contributed by atoms with Crippen LogP contribution in [0.25, 0.3) is 11.6 Å². The molecule has 0 fully saturated rings. The highest BCUT2D eigenvalue weighted by atomic mass is 35.5. The average molecular weight is 444 g/mol. The number of aromatic hydroxyl groups is 1. The molecule has 2 aromatic carbocycles. The van der Waals surface area contributed by atoms with Gasteiger partial charge in [0, 0.05) is 27.4 Å². The van der Waals surface area contributed by atoms with E-state index in [1.807, 2.05) is 6.92 Å². The Hall–Kier alpha value is -3.29. The lowest BCUT2D eigenvalue weighted by molar-refractivity contribution is -0.139. The van der Waals surface area contributed by atoms with E-state index in [1.54, 1.807) is 18.3 Å². The van der Waals surface area contributed by atoms with Gasteiger partial charge in [-0.15, -0.1) is 0 Å². The Kier molecular flexibility index (Phi) is 5.01. The molecule has 0 amide bonds. The summed E-state index contributed by atoms with van der Waals surface area (Å²) in [6, 6.07) is 8.13. The molecule has 0 spiro atoms. The molecule has 0 aliphatic carbocycles. The molecule has 0 saturated heterocycles. The van der Waals surface area contributed by atoms with Crippen molar-refractivity contribution in [3.8, 4) is 5.88 Å². The maximum Gasteiger partial charge on any atom is 0.331 e. The molecular formula is C21H15Cl2N3O4. The van der Waals surface area contributed by atoms with E-state index in [2.05, 4.69) is 9.98 Å². The number of carboxylic acids is 1. The number of carboxylic acid groups (broad SMARTS) is 1. The van der Waals surface area contributed by atoms with Gasteiger partial charge < -0.3 is 15.2 Å². The summed E-state index contributed by atoms with van der Waals surface area (Å²) in [4.78, 5) is 31.3. The van der Waals surface area contributed by atoms with Crippen molar-refractivity contribution in [3.63, 3.8) is 0 Å². The molecule has 4 rings (SSSR count). The van der Waals surface area contributed by atoms with Crippen molar-refractivity contribution in [1.82, 2.24) is 9.55 Å². The fraction of sp³-hybridized carbons (Fsp3) is 0.0952. The maximum absolute atomic E-state index is 12.5. The fourth-order valence-corrected chi connectivity index (χ4v) is 3.67. The summed E-state index contributed by atoms with van der Waals surface area (Å²) < 4.78 is 0.790. The predicted molar refractivity (Wildman–Crippen MR) is 116 cm³/mol. The van der Waals surface area contributed by atoms with Gasteiger partial charge in [0.25, 0.3) is 0 Å². The summed E-state index contributed by atoms with van der Waals surface area (Å²) in [5.41, 5.74) is 2.56. The number of benzene rings is 2. The van der Waals surface area contributed by atoms with Crippen LogP contribution in [0.15, 0.2) is 46.2 Å². The lowest BCUT2D eigenvalue weighted by atomic mass is 10.0. The van der Waals surface area contributed by atoms with E-state index >= 15 is 0 Å². The number of aromatic nitrogens is 2. The van der Waals surface area contributed by atoms with Gasteiger partial charge in [0.2, 0.25) is 5.88 Å². The molecule has 1 aromatic heterocycles. The molecule has 1 atom stereocenters. The van der Waals surface area contributed by atoms with E-state index in [0.29, 0.717) is 26.9 Å². The number of imidazole rings is 1. The van der Waals surface area contributed by atoms with Crippen molar-refractivity contribution in [3.05, 3.63) is 79.3 Å². The van der Waals surface area contributed by atoms with E-state index in [9.17, 15) is 19.8 Å². The van der Waals surface area contributed by atoms with Crippen LogP contribution in [0, 0.1) is 6.92 Å². The summed E-state index contributed by atoms with van der Waals surface area (Å²) in [6.45, 7) is 1.85. The number of carbonyl (C=O) groups is 1. The number of aliphatic imine (C=N–C) groups is 1. The topological polar surface area (TPSA) is 108 Å². The molecule has 7 nitrogen and oxygen atoms in total. The van der Waals surface area contributed by atoms with Crippen LogP contribution in [0.5, 0.6) is 5.88 Å². The Morgan fingerprint density at radius 3 is 2.57 bits per heavy atom. The van der Waals surface area contributed by atoms with E-state index < -0.39 is 23.6 Å². The highest BCUT2D eigenvalue weighted by molar-refractivity contribution is 6.32. The zero-order valence-corrected chi connectivity index (χ0v) is 17.1. The molecular weight excluding hydrogens is 429 g/mol. The monoisotopic (exact) mass is 443 g/mol. The number of aliphatic carboxylic acids is 1. The van der Waals surface area contributed by atoms with Crippen LogP contribution in [0.4, 0.5) is 5.69 Å². The molecule has 0 radical (unpaired) electrons. The smallest absolute Gasteiger partial charge is 0.331 e. The first-order valence-electron chi connectivity index (χ1n) is 8.85. The Morgan fingerprint density at radius 1 is 1.20 bits per heavy atom. The van der Waals surface area contributed by atoms with E-state index in [-0.39, 0.29) is 5.69 Å². The molecule has 3 N–H and O–H groups in total. The minimum atomic E-state index is -1.43. The maximum atomic E-state index is 12.5. The van der Waals surface area contributed by atoms with Gasteiger partial charge in [0.05, 0.1) is 5.69 Å². The van der Waals surface area contributed by atoms with Crippen molar-refractivity contribution < 1.29 is 15.0 Å². The summed E-state index contributed by atoms with van der Waals surface area (Å²) in [7, 11) is 0. The quantitative estimate of drug-likeness (QED) is 0.554.